The maximum Gasteiger partial charge on any atom is 0.127 e. The predicted molar refractivity (Wildman–Crippen MR) is 82.9 cm³/mol. The Hall–Kier alpha value is -1.39. The van der Waals surface area contributed by atoms with Crippen LogP contribution in [0.25, 0.3) is 0 Å². The minimum absolute atomic E-state index is 0.794. The van der Waals surface area contributed by atoms with Crippen LogP contribution in [0.3, 0.4) is 0 Å². The maximum atomic E-state index is 5.74. The lowest BCUT2D eigenvalue weighted by molar-refractivity contribution is 0.352. The van der Waals surface area contributed by atoms with Gasteiger partial charge >= 0.3 is 0 Å². The fraction of sp³-hybridized carbons (Fsp3) is 0.312. The summed E-state index contributed by atoms with van der Waals surface area (Å²) >= 11 is 3.57. The van der Waals surface area contributed by atoms with Gasteiger partial charge in [-0.05, 0) is 41.8 Å². The lowest BCUT2D eigenvalue weighted by Crippen LogP contribution is -2.14. The summed E-state index contributed by atoms with van der Waals surface area (Å²) in [5.41, 5.74) is 5.03. The van der Waals surface area contributed by atoms with E-state index in [1.807, 2.05) is 12.4 Å². The summed E-state index contributed by atoms with van der Waals surface area (Å²) in [4.78, 5) is 4.12. The van der Waals surface area contributed by atoms with Gasteiger partial charge in [0.15, 0.2) is 0 Å². The van der Waals surface area contributed by atoms with Crippen LogP contribution >= 0.6 is 15.9 Å². The van der Waals surface area contributed by atoms with E-state index in [1.165, 1.54) is 22.3 Å². The van der Waals surface area contributed by atoms with Crippen LogP contribution in [-0.4, -0.2) is 11.6 Å². The van der Waals surface area contributed by atoms with Crippen LogP contribution in [0.4, 0.5) is 0 Å². The van der Waals surface area contributed by atoms with Crippen molar-refractivity contribution in [2.24, 2.45) is 0 Å². The molecule has 1 aliphatic heterocycles. The molecule has 2 aromatic rings. The van der Waals surface area contributed by atoms with Gasteiger partial charge in [0, 0.05) is 41.9 Å². The second-order valence-electron chi connectivity index (χ2n) is 5.06. The van der Waals surface area contributed by atoms with Crippen molar-refractivity contribution in [2.75, 3.05) is 6.61 Å². The topological polar surface area (TPSA) is 34.2 Å². The zero-order valence-corrected chi connectivity index (χ0v) is 13.0. The number of nitrogens with one attached hydrogen (secondary N) is 1. The smallest absolute Gasteiger partial charge is 0.127 e. The Morgan fingerprint density at radius 1 is 1.30 bits per heavy atom. The van der Waals surface area contributed by atoms with Crippen molar-refractivity contribution < 1.29 is 4.74 Å². The Morgan fingerprint density at radius 2 is 2.15 bits per heavy atom. The van der Waals surface area contributed by atoms with Crippen molar-refractivity contribution in [3.63, 3.8) is 0 Å². The van der Waals surface area contributed by atoms with E-state index >= 15 is 0 Å². The van der Waals surface area contributed by atoms with Crippen LogP contribution in [0, 0.1) is 6.92 Å². The van der Waals surface area contributed by atoms with Crippen molar-refractivity contribution in [3.8, 4) is 5.75 Å². The van der Waals surface area contributed by atoms with E-state index in [0.29, 0.717) is 0 Å². The molecule has 3 nitrogen and oxygen atoms in total. The van der Waals surface area contributed by atoms with Gasteiger partial charge in [0.1, 0.15) is 5.75 Å². The summed E-state index contributed by atoms with van der Waals surface area (Å²) < 4.78 is 6.86. The molecule has 0 radical (unpaired) electrons. The molecule has 4 heteroatoms. The van der Waals surface area contributed by atoms with Crippen molar-refractivity contribution in [3.05, 3.63) is 57.3 Å². The molecule has 1 aliphatic rings. The first kappa shape index (κ1) is 13.6. The number of aryl methyl sites for hydroxylation is 1. The summed E-state index contributed by atoms with van der Waals surface area (Å²) in [6.45, 7) is 4.53. The molecular weight excluding hydrogens is 316 g/mol. The standard InChI is InChI=1S/C16H17BrN2O/c1-11-8-18-4-2-13(11)9-19-10-14-7-15(17)6-12-3-5-20-16(12)14/h2,4,6-8,19H,3,5,9-10H2,1H3. The second-order valence-corrected chi connectivity index (χ2v) is 5.97. The monoisotopic (exact) mass is 332 g/mol. The third kappa shape index (κ3) is 2.86. The van der Waals surface area contributed by atoms with E-state index in [0.717, 1.165) is 36.3 Å². The van der Waals surface area contributed by atoms with Crippen molar-refractivity contribution in [2.45, 2.75) is 26.4 Å². The first-order valence-corrected chi connectivity index (χ1v) is 7.57. The van der Waals surface area contributed by atoms with Crippen LogP contribution in [0.15, 0.2) is 35.1 Å². The molecule has 0 amide bonds. The van der Waals surface area contributed by atoms with Crippen LogP contribution in [0.1, 0.15) is 22.3 Å². The first-order chi connectivity index (χ1) is 9.74. The maximum absolute atomic E-state index is 5.74. The van der Waals surface area contributed by atoms with Gasteiger partial charge in [-0.15, -0.1) is 0 Å². The van der Waals surface area contributed by atoms with E-state index < -0.39 is 0 Å². The molecule has 104 valence electrons. The van der Waals surface area contributed by atoms with E-state index in [2.05, 4.69) is 51.4 Å². The molecule has 2 heterocycles. The molecule has 0 saturated carbocycles. The zero-order valence-electron chi connectivity index (χ0n) is 11.4. The average Bonchev–Trinajstić information content (AvgIpc) is 2.89. The molecule has 0 atom stereocenters. The molecule has 0 bridgehead atoms. The molecule has 20 heavy (non-hydrogen) atoms. The minimum Gasteiger partial charge on any atom is -0.493 e. The fourth-order valence-corrected chi connectivity index (χ4v) is 3.06. The lowest BCUT2D eigenvalue weighted by Gasteiger charge is -2.11. The number of halogens is 1. The van der Waals surface area contributed by atoms with Crippen molar-refractivity contribution in [1.82, 2.24) is 10.3 Å². The Kier molecular flexibility index (Phi) is 4.03. The molecule has 1 aromatic carbocycles. The third-order valence-electron chi connectivity index (χ3n) is 3.59. The molecule has 1 N–H and O–H groups in total. The summed E-state index contributed by atoms with van der Waals surface area (Å²) in [6, 6.07) is 6.35. The lowest BCUT2D eigenvalue weighted by atomic mass is 10.1. The number of aromatic nitrogens is 1. The first-order valence-electron chi connectivity index (χ1n) is 6.78. The van der Waals surface area contributed by atoms with Gasteiger partial charge in [-0.25, -0.2) is 0 Å². The van der Waals surface area contributed by atoms with Gasteiger partial charge in [0.25, 0.3) is 0 Å². The SMILES string of the molecule is Cc1cnccc1CNCc1cc(Br)cc2c1OCC2. The summed E-state index contributed by atoms with van der Waals surface area (Å²) in [7, 11) is 0. The van der Waals surface area contributed by atoms with Gasteiger partial charge in [-0.1, -0.05) is 15.9 Å². The number of benzene rings is 1. The third-order valence-corrected chi connectivity index (χ3v) is 4.05. The molecule has 0 aliphatic carbocycles. The molecular formula is C16H17BrN2O. The molecule has 0 spiro atoms. The van der Waals surface area contributed by atoms with E-state index in [9.17, 15) is 0 Å². The average molecular weight is 333 g/mol. The van der Waals surface area contributed by atoms with Gasteiger partial charge in [0.2, 0.25) is 0 Å². The predicted octanol–water partition coefficient (Wildman–Crippen LogP) is 3.38. The highest BCUT2D eigenvalue weighted by Gasteiger charge is 2.17. The normalized spacial score (nSPS) is 13.1. The van der Waals surface area contributed by atoms with Gasteiger partial charge in [0.05, 0.1) is 6.61 Å². The Morgan fingerprint density at radius 3 is 3.00 bits per heavy atom. The van der Waals surface area contributed by atoms with Crippen LogP contribution in [-0.2, 0) is 19.5 Å². The largest absolute Gasteiger partial charge is 0.493 e. The molecule has 1 aromatic heterocycles. The van der Waals surface area contributed by atoms with Gasteiger partial charge < -0.3 is 10.1 Å². The van der Waals surface area contributed by atoms with Crippen molar-refractivity contribution >= 4 is 15.9 Å². The van der Waals surface area contributed by atoms with E-state index in [4.69, 9.17) is 4.74 Å². The Labute approximate surface area is 127 Å². The second kappa shape index (κ2) is 5.94. The number of hydrogen-bond donors (Lipinski definition) is 1. The molecule has 0 unspecified atom stereocenters. The molecule has 3 rings (SSSR count). The number of nitrogens with zero attached hydrogens (tertiary/aromatic N) is 1. The van der Waals surface area contributed by atoms with Crippen molar-refractivity contribution in [1.29, 1.82) is 0 Å². The Bertz CT molecular complexity index is 628. The summed E-state index contributed by atoms with van der Waals surface area (Å²) in [5, 5.41) is 3.49. The summed E-state index contributed by atoms with van der Waals surface area (Å²) in [5.74, 6) is 1.06. The Balaban J connectivity index is 1.69. The number of rotatable bonds is 4. The van der Waals surface area contributed by atoms with Gasteiger partial charge in [-0.3, -0.25) is 4.98 Å². The number of fused-ring (bicyclic) bond motifs is 1. The molecule has 0 saturated heterocycles. The number of hydrogen-bond acceptors (Lipinski definition) is 3. The highest BCUT2D eigenvalue weighted by molar-refractivity contribution is 9.10. The quantitative estimate of drug-likeness (QED) is 0.931. The van der Waals surface area contributed by atoms with Crippen LogP contribution in [0.2, 0.25) is 0 Å². The number of pyridine rings is 1. The van der Waals surface area contributed by atoms with Gasteiger partial charge in [-0.2, -0.15) is 0 Å². The van der Waals surface area contributed by atoms with E-state index in [-0.39, 0.29) is 0 Å². The molecule has 0 fully saturated rings. The van der Waals surface area contributed by atoms with Crippen LogP contribution in [0.5, 0.6) is 5.75 Å². The highest BCUT2D eigenvalue weighted by Crippen LogP contribution is 2.32. The van der Waals surface area contributed by atoms with E-state index in [1.54, 1.807) is 0 Å². The fourth-order valence-electron chi connectivity index (χ4n) is 2.51. The highest BCUT2D eigenvalue weighted by atomic mass is 79.9. The van der Waals surface area contributed by atoms with Crippen LogP contribution < -0.4 is 10.1 Å². The zero-order chi connectivity index (χ0) is 13.9. The summed E-state index contributed by atoms with van der Waals surface area (Å²) in [6.07, 6.45) is 4.74. The number of ether oxygens (including phenoxy) is 1. The minimum atomic E-state index is 0.794.